The quantitative estimate of drug-likeness (QED) is 0.134. The fraction of sp³-hybridized carbons (Fsp3) is 0. The fourth-order valence-electron chi connectivity index (χ4n) is 7.76. The molecule has 10 rings (SSSR count). The number of phenols is 1. The number of nitrogens with zero attached hydrogens (tertiary/aromatic N) is 5. The average Bonchev–Trinajstić information content (AvgIpc) is 3.81. The summed E-state index contributed by atoms with van der Waals surface area (Å²) in [5.41, 5.74) is 11.0. The molecule has 0 saturated heterocycles. The smallest absolute Gasteiger partial charge is 0.507 e. The molecule has 7 aromatic carbocycles. The van der Waals surface area contributed by atoms with Crippen LogP contribution in [0.3, 0.4) is 0 Å². The van der Waals surface area contributed by atoms with Gasteiger partial charge >= 0.3 is 21.1 Å². The van der Waals surface area contributed by atoms with Crippen molar-refractivity contribution in [3.8, 4) is 22.8 Å². The van der Waals surface area contributed by atoms with Gasteiger partial charge in [-0.1, -0.05) is 120 Å². The van der Waals surface area contributed by atoms with E-state index >= 15 is 0 Å². The maximum absolute atomic E-state index is 11.3. The maximum atomic E-state index is 11.3. The molecule has 8 heteroatoms. The molecule has 0 atom stereocenters. The number of phenolic OH excluding ortho intramolecular Hbond substituents is 1. The molecule has 0 radical (unpaired) electrons. The van der Waals surface area contributed by atoms with Gasteiger partial charge in [0.25, 0.3) is 6.71 Å². The van der Waals surface area contributed by atoms with E-state index < -0.39 is 0 Å². The number of anilines is 7. The van der Waals surface area contributed by atoms with Crippen molar-refractivity contribution >= 4 is 63.2 Å². The Balaban J connectivity index is 0.00000384. The number of rotatable bonds is 6. The molecule has 0 spiro atoms. The second kappa shape index (κ2) is 13.9. The van der Waals surface area contributed by atoms with Gasteiger partial charge in [0.2, 0.25) is 0 Å². The molecule has 2 aliphatic heterocycles. The molecule has 3 heterocycles. The van der Waals surface area contributed by atoms with Gasteiger partial charge in [0.05, 0.1) is 5.56 Å². The molecule has 0 aliphatic carbocycles. The molecule has 0 bridgehead atoms. The van der Waals surface area contributed by atoms with Crippen molar-refractivity contribution in [2.75, 3.05) is 14.7 Å². The molecule has 0 saturated carbocycles. The summed E-state index contributed by atoms with van der Waals surface area (Å²) in [6, 6.07) is 65.9. The van der Waals surface area contributed by atoms with E-state index in [0.29, 0.717) is 11.4 Å². The topological polar surface area (TPSA) is 47.8 Å². The van der Waals surface area contributed by atoms with Gasteiger partial charge in [-0.05, 0) is 60.1 Å². The molecule has 1 N–H and O–H groups in total. The predicted molar refractivity (Wildman–Crippen MR) is 217 cm³/mol. The van der Waals surface area contributed by atoms with Crippen LogP contribution in [0.5, 0.6) is 5.75 Å². The van der Waals surface area contributed by atoms with E-state index in [4.69, 9.17) is 4.98 Å². The Hall–Kier alpha value is -6.30. The first-order chi connectivity index (χ1) is 26.2. The average molecular weight is 877 g/mol. The third-order valence-corrected chi connectivity index (χ3v) is 10.1. The van der Waals surface area contributed by atoms with Gasteiger partial charge < -0.3 is 24.4 Å². The minimum Gasteiger partial charge on any atom is -0.507 e. The standard InChI is InChI=1S/C46H32BN5O.Pt/c53-43-30-15-10-25-38(43)45-48-46-44(52(45)35-21-8-3-9-22-35)47(33-17-4-1-5-18-33)39-26-11-12-27-40(39)51(46)37-24-16-23-36(31-37)50-32-49(34-19-6-2-7-20-34)41-28-13-14-29-42(41)50;/h1-30,32,53H;/q-2;+2. The normalized spacial score (nSPS) is 12.9. The van der Waals surface area contributed by atoms with Crippen LogP contribution in [0.1, 0.15) is 0 Å². The number of imidazole rings is 1. The number of aromatic nitrogens is 2. The van der Waals surface area contributed by atoms with Crippen LogP contribution in [-0.2, 0) is 21.1 Å². The second-order valence-electron chi connectivity index (χ2n) is 13.2. The molecule has 2 aliphatic rings. The van der Waals surface area contributed by atoms with E-state index in [1.165, 1.54) is 0 Å². The van der Waals surface area contributed by atoms with E-state index in [0.717, 1.165) is 62.1 Å². The first-order valence-electron chi connectivity index (χ1n) is 17.7. The zero-order valence-corrected chi connectivity index (χ0v) is 31.2. The third kappa shape index (κ3) is 5.51. The van der Waals surface area contributed by atoms with Gasteiger partial charge in [0, 0.05) is 34.0 Å². The van der Waals surface area contributed by atoms with Crippen LogP contribution in [0, 0.1) is 12.7 Å². The van der Waals surface area contributed by atoms with Crippen molar-refractivity contribution in [2.24, 2.45) is 0 Å². The van der Waals surface area contributed by atoms with Crippen LogP contribution in [-0.4, -0.2) is 21.4 Å². The zero-order valence-electron chi connectivity index (χ0n) is 29.0. The summed E-state index contributed by atoms with van der Waals surface area (Å²) in [4.78, 5) is 12.1. The largest absolute Gasteiger partial charge is 2.00 e. The molecule has 0 amide bonds. The minimum absolute atomic E-state index is 0. The Labute approximate surface area is 329 Å². The number of hydrogen-bond donors (Lipinski definition) is 1. The van der Waals surface area contributed by atoms with Crippen LogP contribution in [0.2, 0.25) is 0 Å². The minimum atomic E-state index is -0.146. The zero-order chi connectivity index (χ0) is 35.3. The molecule has 1 aromatic heterocycles. The molecule has 6 nitrogen and oxygen atoms in total. The van der Waals surface area contributed by atoms with Crippen molar-refractivity contribution in [1.82, 2.24) is 9.55 Å². The summed E-state index contributed by atoms with van der Waals surface area (Å²) in [6.07, 6.45) is 0. The van der Waals surface area contributed by atoms with E-state index in [1.54, 1.807) is 6.07 Å². The van der Waals surface area contributed by atoms with E-state index in [1.807, 2.05) is 42.5 Å². The van der Waals surface area contributed by atoms with Crippen molar-refractivity contribution in [2.45, 2.75) is 0 Å². The number of benzene rings is 7. The second-order valence-corrected chi connectivity index (χ2v) is 13.2. The predicted octanol–water partition coefficient (Wildman–Crippen LogP) is 8.75. The summed E-state index contributed by atoms with van der Waals surface area (Å²) >= 11 is 0. The Morgan fingerprint density at radius 3 is 1.83 bits per heavy atom. The monoisotopic (exact) mass is 876 g/mol. The Bertz CT molecular complexity index is 2600. The Kier molecular flexibility index (Phi) is 8.65. The number of para-hydroxylation sites is 6. The van der Waals surface area contributed by atoms with Crippen LogP contribution >= 0.6 is 0 Å². The van der Waals surface area contributed by atoms with Gasteiger partial charge in [0.15, 0.2) is 0 Å². The van der Waals surface area contributed by atoms with Crippen LogP contribution in [0.4, 0.5) is 39.9 Å². The van der Waals surface area contributed by atoms with Crippen LogP contribution in [0.25, 0.3) is 17.1 Å². The van der Waals surface area contributed by atoms with E-state index in [-0.39, 0.29) is 33.5 Å². The molecule has 260 valence electrons. The van der Waals surface area contributed by atoms with Crippen molar-refractivity contribution in [1.29, 1.82) is 0 Å². The summed E-state index contributed by atoms with van der Waals surface area (Å²) in [7, 11) is 0. The Morgan fingerprint density at radius 1 is 0.537 bits per heavy atom. The first kappa shape index (κ1) is 33.5. The summed E-state index contributed by atoms with van der Waals surface area (Å²) in [5, 5.41) is 11.3. The first-order valence-corrected chi connectivity index (χ1v) is 17.7. The van der Waals surface area contributed by atoms with E-state index in [9.17, 15) is 5.11 Å². The van der Waals surface area contributed by atoms with E-state index in [2.05, 4.69) is 165 Å². The maximum Gasteiger partial charge on any atom is 2.00 e. The van der Waals surface area contributed by atoms with Crippen molar-refractivity contribution in [3.05, 3.63) is 195 Å². The summed E-state index contributed by atoms with van der Waals surface area (Å²) < 4.78 is 2.22. The third-order valence-electron chi connectivity index (χ3n) is 10.1. The fourth-order valence-corrected chi connectivity index (χ4v) is 7.76. The number of fused-ring (bicyclic) bond motifs is 3. The van der Waals surface area contributed by atoms with Gasteiger partial charge in [-0.25, -0.2) is 4.98 Å². The summed E-state index contributed by atoms with van der Waals surface area (Å²) in [6.45, 7) is 1.99. The number of aromatic hydroxyl groups is 1. The molecule has 8 aromatic rings. The number of hydrogen-bond acceptors (Lipinski definition) is 5. The van der Waals surface area contributed by atoms with Gasteiger partial charge in [0.1, 0.15) is 17.4 Å². The molecule has 0 unspecified atom stereocenters. The molecule has 54 heavy (non-hydrogen) atoms. The van der Waals surface area contributed by atoms with Crippen LogP contribution in [0.15, 0.2) is 182 Å². The van der Waals surface area contributed by atoms with Gasteiger partial charge in [-0.3, -0.25) is 0 Å². The van der Waals surface area contributed by atoms with Gasteiger partial charge in [-0.15, -0.1) is 30.6 Å². The van der Waals surface area contributed by atoms with Gasteiger partial charge in [-0.2, -0.15) is 6.07 Å². The summed E-state index contributed by atoms with van der Waals surface area (Å²) in [5.74, 6) is 1.62. The molecule has 0 fully saturated rings. The molecular formula is C46H32BN5OPt. The van der Waals surface area contributed by atoms with Crippen molar-refractivity contribution < 1.29 is 26.2 Å². The Morgan fingerprint density at radius 2 is 1.11 bits per heavy atom. The molecular weight excluding hydrogens is 844 g/mol. The SMILES string of the molecule is Oc1ccccc1-c1nc2c(n1-c1ccccc1)B(c1ccccc1)c1ccccc1N2c1[c-]c(N2[CH-]N(c3ccccc3)c3ccccc32)ccc1.[Pt+2]. The van der Waals surface area contributed by atoms with Crippen molar-refractivity contribution in [3.63, 3.8) is 0 Å². The van der Waals surface area contributed by atoms with Crippen LogP contribution < -0.4 is 31.2 Å².